The third-order valence-electron chi connectivity index (χ3n) is 5.02. The van der Waals surface area contributed by atoms with E-state index in [9.17, 15) is 5.11 Å². The third kappa shape index (κ3) is 1.49. The number of hydrogen-bond acceptors (Lipinski definition) is 4. The first-order chi connectivity index (χ1) is 10.1. The Morgan fingerprint density at radius 2 is 1.76 bits per heavy atom. The molecule has 0 radical (unpaired) electrons. The van der Waals surface area contributed by atoms with Crippen LogP contribution in [0.2, 0.25) is 0 Å². The van der Waals surface area contributed by atoms with Gasteiger partial charge in [-0.15, -0.1) is 0 Å². The molecule has 5 heteroatoms. The van der Waals surface area contributed by atoms with Gasteiger partial charge in [0.2, 0.25) is 0 Å². The van der Waals surface area contributed by atoms with E-state index in [1.807, 2.05) is 31.1 Å². The SMILES string of the molecule is CN1c2ccccc2N(C)C1C1=C(O)[C@@H]2CCCN2C1=N. The van der Waals surface area contributed by atoms with Crippen LogP contribution >= 0.6 is 0 Å². The fourth-order valence-electron chi connectivity index (χ4n) is 4.00. The molecule has 0 spiro atoms. The van der Waals surface area contributed by atoms with Gasteiger partial charge in [-0.1, -0.05) is 12.1 Å². The van der Waals surface area contributed by atoms with Crippen molar-refractivity contribution in [3.8, 4) is 0 Å². The lowest BCUT2D eigenvalue weighted by Crippen LogP contribution is -2.44. The van der Waals surface area contributed by atoms with Crippen LogP contribution in [0.15, 0.2) is 35.6 Å². The molecule has 0 amide bonds. The summed E-state index contributed by atoms with van der Waals surface area (Å²) in [5.74, 6) is 0.889. The summed E-state index contributed by atoms with van der Waals surface area (Å²) in [7, 11) is 4.06. The van der Waals surface area contributed by atoms with Crippen LogP contribution in [0.5, 0.6) is 0 Å². The Morgan fingerprint density at radius 3 is 2.33 bits per heavy atom. The summed E-state index contributed by atoms with van der Waals surface area (Å²) >= 11 is 0. The van der Waals surface area contributed by atoms with Gasteiger partial charge in [0.25, 0.3) is 0 Å². The number of fused-ring (bicyclic) bond motifs is 2. The average Bonchev–Trinajstić information content (AvgIpc) is 3.12. The van der Waals surface area contributed by atoms with Crippen molar-refractivity contribution in [3.05, 3.63) is 35.6 Å². The molecule has 21 heavy (non-hydrogen) atoms. The van der Waals surface area contributed by atoms with Gasteiger partial charge in [-0.25, -0.2) is 0 Å². The molecule has 5 nitrogen and oxygen atoms in total. The number of nitrogens with zero attached hydrogens (tertiary/aromatic N) is 3. The highest BCUT2D eigenvalue weighted by atomic mass is 16.3. The van der Waals surface area contributed by atoms with Gasteiger partial charge in [0.1, 0.15) is 17.8 Å². The van der Waals surface area contributed by atoms with E-state index in [0.29, 0.717) is 11.6 Å². The number of aliphatic hydroxyl groups excluding tert-OH is 1. The van der Waals surface area contributed by atoms with E-state index in [2.05, 4.69) is 21.9 Å². The van der Waals surface area contributed by atoms with Crippen LogP contribution in [-0.2, 0) is 0 Å². The molecule has 1 atom stereocenters. The highest BCUT2D eigenvalue weighted by Gasteiger charge is 2.46. The fraction of sp³-hybridized carbons (Fsp3) is 0.438. The summed E-state index contributed by atoms with van der Waals surface area (Å²) in [5.41, 5.74) is 3.05. The number of para-hydroxylation sites is 2. The van der Waals surface area contributed by atoms with E-state index in [4.69, 9.17) is 5.41 Å². The van der Waals surface area contributed by atoms with Crippen LogP contribution in [0.1, 0.15) is 12.8 Å². The lowest BCUT2D eigenvalue weighted by atomic mass is 10.1. The van der Waals surface area contributed by atoms with Gasteiger partial charge < -0.3 is 19.8 Å². The van der Waals surface area contributed by atoms with Crippen molar-refractivity contribution in [1.82, 2.24) is 4.90 Å². The van der Waals surface area contributed by atoms with E-state index in [-0.39, 0.29) is 12.2 Å². The van der Waals surface area contributed by atoms with Crippen molar-refractivity contribution < 1.29 is 5.11 Å². The molecule has 3 aliphatic heterocycles. The number of aliphatic hydroxyl groups is 1. The molecular weight excluding hydrogens is 264 g/mol. The maximum absolute atomic E-state index is 10.6. The van der Waals surface area contributed by atoms with Gasteiger partial charge in [0, 0.05) is 20.6 Å². The standard InChI is InChI=1S/C16H20N4O/c1-18-10-6-3-4-7-11(10)19(2)16(18)13-14(21)12-8-5-9-20(12)15(13)17/h3-4,6-7,12,16-17,21H,5,8-9H2,1-2H3/t12-/m0/s1. The average molecular weight is 284 g/mol. The number of anilines is 2. The van der Waals surface area contributed by atoms with E-state index in [1.165, 1.54) is 0 Å². The van der Waals surface area contributed by atoms with Crippen molar-refractivity contribution in [1.29, 1.82) is 5.41 Å². The molecule has 0 aromatic heterocycles. The predicted octanol–water partition coefficient (Wildman–Crippen LogP) is 2.17. The molecule has 0 unspecified atom stereocenters. The highest BCUT2D eigenvalue weighted by Crippen LogP contribution is 2.43. The minimum atomic E-state index is -0.0968. The van der Waals surface area contributed by atoms with Crippen LogP contribution in [-0.4, -0.2) is 48.7 Å². The molecule has 3 heterocycles. The van der Waals surface area contributed by atoms with Crippen LogP contribution in [0.25, 0.3) is 0 Å². The molecule has 1 saturated heterocycles. The summed E-state index contributed by atoms with van der Waals surface area (Å²) in [6.07, 6.45) is 1.91. The van der Waals surface area contributed by atoms with Gasteiger partial charge >= 0.3 is 0 Å². The summed E-state index contributed by atoms with van der Waals surface area (Å²) in [6, 6.07) is 8.25. The van der Waals surface area contributed by atoms with Crippen LogP contribution < -0.4 is 9.80 Å². The van der Waals surface area contributed by atoms with E-state index >= 15 is 0 Å². The minimum absolute atomic E-state index is 0.0259. The molecular formula is C16H20N4O. The van der Waals surface area contributed by atoms with Crippen molar-refractivity contribution in [2.45, 2.75) is 25.0 Å². The molecule has 110 valence electrons. The summed E-state index contributed by atoms with van der Waals surface area (Å²) in [6.45, 7) is 0.879. The fourth-order valence-corrected chi connectivity index (χ4v) is 4.00. The molecule has 2 N–H and O–H groups in total. The van der Waals surface area contributed by atoms with Crippen LogP contribution in [0, 0.1) is 5.41 Å². The Bertz CT molecular complexity index is 624. The maximum Gasteiger partial charge on any atom is 0.135 e. The second-order valence-corrected chi connectivity index (χ2v) is 6.08. The van der Waals surface area contributed by atoms with Crippen molar-refractivity contribution >= 4 is 17.2 Å². The zero-order valence-corrected chi connectivity index (χ0v) is 12.4. The van der Waals surface area contributed by atoms with Crippen LogP contribution in [0.3, 0.4) is 0 Å². The lowest BCUT2D eigenvalue weighted by Gasteiger charge is -2.29. The van der Waals surface area contributed by atoms with E-state index in [1.54, 1.807) is 0 Å². The number of likely N-dealkylation sites (N-methyl/N-ethyl adjacent to an activating group) is 2. The van der Waals surface area contributed by atoms with Crippen molar-refractivity contribution in [3.63, 3.8) is 0 Å². The Kier molecular flexibility index (Phi) is 2.49. The van der Waals surface area contributed by atoms with Crippen molar-refractivity contribution in [2.75, 3.05) is 30.4 Å². The smallest absolute Gasteiger partial charge is 0.135 e. The van der Waals surface area contributed by atoms with Gasteiger partial charge in [0.05, 0.1) is 23.0 Å². The topological polar surface area (TPSA) is 53.8 Å². The summed E-state index contributed by atoms with van der Waals surface area (Å²) in [5, 5.41) is 19.1. The monoisotopic (exact) mass is 284 g/mol. The number of benzene rings is 1. The van der Waals surface area contributed by atoms with Gasteiger partial charge in [-0.3, -0.25) is 5.41 Å². The molecule has 4 rings (SSSR count). The molecule has 1 fully saturated rings. The Balaban J connectivity index is 1.78. The van der Waals surface area contributed by atoms with Crippen molar-refractivity contribution in [2.24, 2.45) is 0 Å². The number of nitrogens with one attached hydrogen (secondary N) is 1. The normalized spacial score (nSPS) is 25.1. The zero-order valence-electron chi connectivity index (χ0n) is 12.4. The Labute approximate surface area is 124 Å². The third-order valence-corrected chi connectivity index (χ3v) is 5.02. The molecule has 0 aliphatic carbocycles. The number of amidine groups is 1. The molecule has 1 aromatic rings. The quantitative estimate of drug-likeness (QED) is 0.830. The largest absolute Gasteiger partial charge is 0.510 e. The molecule has 3 aliphatic rings. The highest BCUT2D eigenvalue weighted by molar-refractivity contribution is 6.03. The minimum Gasteiger partial charge on any atom is -0.510 e. The van der Waals surface area contributed by atoms with Gasteiger partial charge in [-0.05, 0) is 25.0 Å². The Hall–Kier alpha value is -2.17. The van der Waals surface area contributed by atoms with Gasteiger partial charge in [0.15, 0.2) is 0 Å². The first kappa shape index (κ1) is 12.6. The molecule has 0 saturated carbocycles. The number of rotatable bonds is 1. The van der Waals surface area contributed by atoms with Crippen LogP contribution in [0.4, 0.5) is 11.4 Å². The zero-order chi connectivity index (χ0) is 14.7. The second-order valence-electron chi connectivity index (χ2n) is 6.08. The summed E-state index contributed by atoms with van der Waals surface area (Å²) in [4.78, 5) is 6.34. The molecule has 0 bridgehead atoms. The summed E-state index contributed by atoms with van der Waals surface area (Å²) < 4.78 is 0. The first-order valence-electron chi connectivity index (χ1n) is 7.44. The number of hydrogen-bond donors (Lipinski definition) is 2. The predicted molar refractivity (Wildman–Crippen MR) is 84.1 cm³/mol. The van der Waals surface area contributed by atoms with E-state index < -0.39 is 0 Å². The first-order valence-corrected chi connectivity index (χ1v) is 7.44. The maximum atomic E-state index is 10.6. The van der Waals surface area contributed by atoms with E-state index in [0.717, 1.165) is 36.3 Å². The Morgan fingerprint density at radius 1 is 1.14 bits per heavy atom. The van der Waals surface area contributed by atoms with Gasteiger partial charge in [-0.2, -0.15) is 0 Å². The second kappa shape index (κ2) is 4.16. The molecule has 1 aromatic carbocycles. The lowest BCUT2D eigenvalue weighted by molar-refractivity contribution is 0.310.